The molecule has 0 aliphatic carbocycles. The van der Waals surface area contributed by atoms with E-state index in [1.165, 1.54) is 7.11 Å². The molecule has 0 saturated carbocycles. The zero-order valence-corrected chi connectivity index (χ0v) is 7.09. The molecule has 0 aromatic heterocycles. The fraction of sp³-hybridized carbons (Fsp3) is 0.625. The molecular formula is C8H15NO2. The largest absolute Gasteiger partial charge is 0.468 e. The minimum absolute atomic E-state index is 0.376. The smallest absolute Gasteiger partial charge is 0.325 e. The summed E-state index contributed by atoms with van der Waals surface area (Å²) in [5, 5.41) is 0. The Morgan fingerprint density at radius 1 is 1.82 bits per heavy atom. The summed E-state index contributed by atoms with van der Waals surface area (Å²) in [4.78, 5) is 11.0. The van der Waals surface area contributed by atoms with Crippen LogP contribution in [0.15, 0.2) is 12.7 Å². The number of methoxy groups -OCH3 is 1. The number of esters is 1. The maximum Gasteiger partial charge on any atom is 0.325 e. The van der Waals surface area contributed by atoms with Gasteiger partial charge in [0.25, 0.3) is 0 Å². The van der Waals surface area contributed by atoms with Crippen molar-refractivity contribution in [3.63, 3.8) is 0 Å². The van der Waals surface area contributed by atoms with E-state index in [9.17, 15) is 4.79 Å². The molecule has 0 saturated heterocycles. The minimum Gasteiger partial charge on any atom is -0.468 e. The van der Waals surface area contributed by atoms with E-state index in [-0.39, 0.29) is 5.97 Å². The van der Waals surface area contributed by atoms with Crippen molar-refractivity contribution in [3.05, 3.63) is 12.7 Å². The predicted molar refractivity (Wildman–Crippen MR) is 44.0 cm³/mol. The third-order valence-electron chi connectivity index (χ3n) is 1.52. The fourth-order valence-corrected chi connectivity index (χ4v) is 0.737. The van der Waals surface area contributed by atoms with Crippen molar-refractivity contribution in [3.8, 4) is 0 Å². The first-order chi connectivity index (χ1) is 5.04. The highest BCUT2D eigenvalue weighted by Gasteiger charge is 2.27. The van der Waals surface area contributed by atoms with Crippen LogP contribution in [0.3, 0.4) is 0 Å². The van der Waals surface area contributed by atoms with Crippen LogP contribution in [0.25, 0.3) is 0 Å². The summed E-state index contributed by atoms with van der Waals surface area (Å²) in [5.41, 5.74) is 4.76. The van der Waals surface area contributed by atoms with Crippen LogP contribution in [0.4, 0.5) is 0 Å². The number of hydrogen-bond acceptors (Lipinski definition) is 3. The molecule has 0 rings (SSSR count). The first-order valence-electron chi connectivity index (χ1n) is 3.53. The molecule has 0 amide bonds. The van der Waals surface area contributed by atoms with Gasteiger partial charge in [-0.15, -0.1) is 6.58 Å². The van der Waals surface area contributed by atoms with Crippen LogP contribution < -0.4 is 5.73 Å². The lowest BCUT2D eigenvalue weighted by molar-refractivity contribution is -0.146. The number of carbonyl (C=O) groups is 1. The average Bonchev–Trinajstić information content (AvgIpc) is 1.99. The summed E-state index contributed by atoms with van der Waals surface area (Å²) in [6, 6.07) is 0. The Morgan fingerprint density at radius 3 is 2.73 bits per heavy atom. The number of allylic oxidation sites excluding steroid dienone is 1. The molecule has 0 radical (unpaired) electrons. The van der Waals surface area contributed by atoms with Crippen LogP contribution in [0.1, 0.15) is 19.8 Å². The molecule has 0 aliphatic rings. The highest BCUT2D eigenvalue weighted by atomic mass is 16.5. The van der Waals surface area contributed by atoms with Crippen LogP contribution in [0, 0.1) is 0 Å². The van der Waals surface area contributed by atoms with Gasteiger partial charge in [-0.25, -0.2) is 0 Å². The summed E-state index contributed by atoms with van der Waals surface area (Å²) in [7, 11) is 1.33. The normalized spacial score (nSPS) is 15.2. The molecule has 3 heteroatoms. The number of nitrogens with two attached hydrogens (primary N) is 1. The van der Waals surface area contributed by atoms with E-state index in [1.807, 2.05) is 0 Å². The number of rotatable bonds is 4. The summed E-state index contributed by atoms with van der Waals surface area (Å²) in [6.07, 6.45) is 3.03. The maximum absolute atomic E-state index is 11.0. The van der Waals surface area contributed by atoms with Crippen molar-refractivity contribution < 1.29 is 9.53 Å². The van der Waals surface area contributed by atoms with E-state index < -0.39 is 5.54 Å². The van der Waals surface area contributed by atoms with Gasteiger partial charge in [0.1, 0.15) is 5.54 Å². The van der Waals surface area contributed by atoms with E-state index >= 15 is 0 Å². The zero-order chi connectivity index (χ0) is 8.91. The highest BCUT2D eigenvalue weighted by Crippen LogP contribution is 2.10. The summed E-state index contributed by atoms with van der Waals surface area (Å²) in [6.45, 7) is 5.20. The summed E-state index contributed by atoms with van der Waals surface area (Å²) in [5.74, 6) is -0.376. The van der Waals surface area contributed by atoms with Crippen LogP contribution in [-0.2, 0) is 9.53 Å². The SMILES string of the molecule is C=CCC[C@@](C)(N)C(=O)OC. The lowest BCUT2D eigenvalue weighted by Gasteiger charge is -2.19. The molecule has 0 fully saturated rings. The van der Waals surface area contributed by atoms with Gasteiger partial charge in [0.2, 0.25) is 0 Å². The molecule has 0 bridgehead atoms. The molecule has 0 aromatic rings. The molecule has 11 heavy (non-hydrogen) atoms. The van der Waals surface area contributed by atoms with Gasteiger partial charge >= 0.3 is 5.97 Å². The van der Waals surface area contributed by atoms with Gasteiger partial charge < -0.3 is 10.5 Å². The highest BCUT2D eigenvalue weighted by molar-refractivity contribution is 5.79. The van der Waals surface area contributed by atoms with Crippen molar-refractivity contribution in [1.29, 1.82) is 0 Å². The minimum atomic E-state index is -0.872. The second-order valence-electron chi connectivity index (χ2n) is 2.74. The van der Waals surface area contributed by atoms with Crippen LogP contribution in [-0.4, -0.2) is 18.6 Å². The van der Waals surface area contributed by atoms with Gasteiger partial charge in [-0.3, -0.25) is 4.79 Å². The molecule has 0 aliphatic heterocycles. The standard InChI is InChI=1S/C8H15NO2/c1-4-5-6-8(2,9)7(10)11-3/h4H,1,5-6,9H2,2-3H3/t8-/m1/s1. The maximum atomic E-state index is 11.0. The zero-order valence-electron chi connectivity index (χ0n) is 7.09. The second kappa shape index (κ2) is 4.13. The van der Waals surface area contributed by atoms with Gasteiger partial charge in [0.05, 0.1) is 7.11 Å². The molecule has 1 atom stereocenters. The van der Waals surface area contributed by atoms with Gasteiger partial charge in [-0.1, -0.05) is 6.08 Å². The lowest BCUT2D eigenvalue weighted by Crippen LogP contribution is -2.45. The van der Waals surface area contributed by atoms with E-state index in [0.29, 0.717) is 6.42 Å². The van der Waals surface area contributed by atoms with Crippen molar-refractivity contribution in [1.82, 2.24) is 0 Å². The predicted octanol–water partition coefficient (Wildman–Crippen LogP) is 0.843. The second-order valence-corrected chi connectivity index (χ2v) is 2.74. The van der Waals surface area contributed by atoms with Gasteiger partial charge in [-0.05, 0) is 19.8 Å². The summed E-state index contributed by atoms with van der Waals surface area (Å²) >= 11 is 0. The van der Waals surface area contributed by atoms with Crippen LogP contribution in [0.5, 0.6) is 0 Å². The Morgan fingerprint density at radius 2 is 2.36 bits per heavy atom. The van der Waals surface area contributed by atoms with Crippen molar-refractivity contribution >= 4 is 5.97 Å². The van der Waals surface area contributed by atoms with Gasteiger partial charge in [0, 0.05) is 0 Å². The third kappa shape index (κ3) is 3.18. The third-order valence-corrected chi connectivity index (χ3v) is 1.52. The van der Waals surface area contributed by atoms with Crippen LogP contribution >= 0.6 is 0 Å². The number of hydrogen-bond donors (Lipinski definition) is 1. The van der Waals surface area contributed by atoms with Crippen molar-refractivity contribution in [2.45, 2.75) is 25.3 Å². The van der Waals surface area contributed by atoms with Crippen molar-refractivity contribution in [2.24, 2.45) is 5.73 Å². The Labute approximate surface area is 67.2 Å². The molecule has 0 heterocycles. The Kier molecular flexibility index (Phi) is 3.82. The molecule has 2 N–H and O–H groups in total. The quantitative estimate of drug-likeness (QED) is 0.486. The average molecular weight is 157 g/mol. The monoisotopic (exact) mass is 157 g/mol. The van der Waals surface area contributed by atoms with E-state index in [1.54, 1.807) is 13.0 Å². The molecular weight excluding hydrogens is 142 g/mol. The van der Waals surface area contributed by atoms with Crippen LogP contribution in [0.2, 0.25) is 0 Å². The topological polar surface area (TPSA) is 52.3 Å². The Balaban J connectivity index is 3.97. The van der Waals surface area contributed by atoms with Gasteiger partial charge in [0.15, 0.2) is 0 Å². The lowest BCUT2D eigenvalue weighted by atomic mass is 9.98. The van der Waals surface area contributed by atoms with Crippen molar-refractivity contribution in [2.75, 3.05) is 7.11 Å². The number of ether oxygens (including phenoxy) is 1. The van der Waals surface area contributed by atoms with Gasteiger partial charge in [-0.2, -0.15) is 0 Å². The molecule has 0 unspecified atom stereocenters. The molecule has 3 nitrogen and oxygen atoms in total. The van der Waals surface area contributed by atoms with E-state index in [0.717, 1.165) is 6.42 Å². The number of carbonyl (C=O) groups excluding carboxylic acids is 1. The first kappa shape index (κ1) is 10.2. The van der Waals surface area contributed by atoms with E-state index in [4.69, 9.17) is 5.73 Å². The Bertz CT molecular complexity index is 152. The Hall–Kier alpha value is -0.830. The fourth-order valence-electron chi connectivity index (χ4n) is 0.737. The summed E-state index contributed by atoms with van der Waals surface area (Å²) < 4.78 is 4.51. The molecule has 0 aromatic carbocycles. The van der Waals surface area contributed by atoms with E-state index in [2.05, 4.69) is 11.3 Å². The molecule has 64 valence electrons. The first-order valence-corrected chi connectivity index (χ1v) is 3.53. The molecule has 0 spiro atoms.